The summed E-state index contributed by atoms with van der Waals surface area (Å²) in [5, 5.41) is 3.51. The molecule has 2 unspecified atom stereocenters. The van der Waals surface area contributed by atoms with E-state index in [-0.39, 0.29) is 5.91 Å². The maximum Gasteiger partial charge on any atom is 0.253 e. The van der Waals surface area contributed by atoms with E-state index in [0.29, 0.717) is 12.0 Å². The Morgan fingerprint density at radius 2 is 2.10 bits per heavy atom. The zero-order valence-electron chi connectivity index (χ0n) is 13.1. The number of amides is 1. The van der Waals surface area contributed by atoms with Crippen molar-refractivity contribution in [3.05, 3.63) is 34.9 Å². The van der Waals surface area contributed by atoms with Crippen molar-refractivity contribution >= 4 is 5.91 Å². The number of hydrogen-bond acceptors (Lipinski definition) is 2. The third-order valence-corrected chi connectivity index (χ3v) is 4.41. The number of piperidine rings is 1. The molecule has 2 atom stereocenters. The van der Waals surface area contributed by atoms with Crippen LogP contribution in [0.2, 0.25) is 0 Å². The molecule has 1 heterocycles. The minimum absolute atomic E-state index is 0.176. The van der Waals surface area contributed by atoms with E-state index < -0.39 is 0 Å². The van der Waals surface area contributed by atoms with Gasteiger partial charge < -0.3 is 10.2 Å². The molecule has 0 saturated carbocycles. The van der Waals surface area contributed by atoms with Crippen LogP contribution >= 0.6 is 0 Å². The molecule has 1 amide bonds. The molecule has 1 aromatic carbocycles. The molecule has 110 valence electrons. The molecule has 0 radical (unpaired) electrons. The van der Waals surface area contributed by atoms with Crippen LogP contribution in [0.5, 0.6) is 0 Å². The van der Waals surface area contributed by atoms with Crippen molar-refractivity contribution in [1.82, 2.24) is 10.2 Å². The van der Waals surface area contributed by atoms with Gasteiger partial charge in [-0.1, -0.05) is 19.9 Å². The summed E-state index contributed by atoms with van der Waals surface area (Å²) in [5.41, 5.74) is 3.24. The summed E-state index contributed by atoms with van der Waals surface area (Å²) in [6.07, 6.45) is 1.05. The molecule has 0 aliphatic carbocycles. The molecule has 0 bridgehead atoms. The maximum atomic E-state index is 12.6. The average molecular weight is 274 g/mol. The lowest BCUT2D eigenvalue weighted by Gasteiger charge is -2.37. The van der Waals surface area contributed by atoms with Gasteiger partial charge in [-0.15, -0.1) is 0 Å². The molecule has 3 nitrogen and oxygen atoms in total. The number of aryl methyl sites for hydroxylation is 2. The Bertz CT molecular complexity index is 484. The minimum Gasteiger partial charge on any atom is -0.338 e. The van der Waals surface area contributed by atoms with Crippen LogP contribution in [0.4, 0.5) is 0 Å². The standard InChI is InChI=1S/C17H26N2O/c1-5-18-16-8-9-19(11-14(16)4)17(20)15-7-6-12(2)13(3)10-15/h6-7,10,14,16,18H,5,8-9,11H2,1-4H3. The number of hydrogen-bond donors (Lipinski definition) is 1. The van der Waals surface area contributed by atoms with Crippen LogP contribution < -0.4 is 5.32 Å². The Hall–Kier alpha value is -1.35. The van der Waals surface area contributed by atoms with Gasteiger partial charge in [0.25, 0.3) is 5.91 Å². The molecule has 3 heteroatoms. The number of nitrogens with zero attached hydrogens (tertiary/aromatic N) is 1. The first kappa shape index (κ1) is 15.0. The molecule has 1 aliphatic rings. The Labute approximate surface area is 122 Å². The van der Waals surface area contributed by atoms with E-state index in [1.54, 1.807) is 0 Å². The number of benzene rings is 1. The summed E-state index contributed by atoms with van der Waals surface area (Å²) in [5.74, 6) is 0.689. The monoisotopic (exact) mass is 274 g/mol. The third-order valence-electron chi connectivity index (χ3n) is 4.41. The van der Waals surface area contributed by atoms with Crippen molar-refractivity contribution in [2.75, 3.05) is 19.6 Å². The molecule has 0 spiro atoms. The quantitative estimate of drug-likeness (QED) is 0.919. The van der Waals surface area contributed by atoms with Crippen molar-refractivity contribution in [3.8, 4) is 0 Å². The van der Waals surface area contributed by atoms with Crippen molar-refractivity contribution in [1.29, 1.82) is 0 Å². The highest BCUT2D eigenvalue weighted by molar-refractivity contribution is 5.94. The molecular weight excluding hydrogens is 248 g/mol. The van der Waals surface area contributed by atoms with E-state index in [9.17, 15) is 4.79 Å². The van der Waals surface area contributed by atoms with E-state index in [1.165, 1.54) is 11.1 Å². The summed E-state index contributed by atoms with van der Waals surface area (Å²) in [6, 6.07) is 6.55. The highest BCUT2D eigenvalue weighted by Gasteiger charge is 2.28. The van der Waals surface area contributed by atoms with Crippen molar-refractivity contribution in [2.45, 2.75) is 40.2 Å². The summed E-state index contributed by atoms with van der Waals surface area (Å²) in [7, 11) is 0. The number of nitrogens with one attached hydrogen (secondary N) is 1. The van der Waals surface area contributed by atoms with Crippen LogP contribution in [-0.2, 0) is 0 Å². The van der Waals surface area contributed by atoms with E-state index in [4.69, 9.17) is 0 Å². The van der Waals surface area contributed by atoms with Gasteiger partial charge in [-0.05, 0) is 56.0 Å². The van der Waals surface area contributed by atoms with E-state index >= 15 is 0 Å². The molecule has 1 saturated heterocycles. The normalized spacial score (nSPS) is 22.9. The van der Waals surface area contributed by atoms with E-state index in [2.05, 4.69) is 33.0 Å². The van der Waals surface area contributed by atoms with Crippen LogP contribution in [-0.4, -0.2) is 36.5 Å². The largest absolute Gasteiger partial charge is 0.338 e. The van der Waals surface area contributed by atoms with Gasteiger partial charge in [0.2, 0.25) is 0 Å². The van der Waals surface area contributed by atoms with Gasteiger partial charge in [0.1, 0.15) is 0 Å². The van der Waals surface area contributed by atoms with Crippen LogP contribution in [0.1, 0.15) is 41.8 Å². The fraction of sp³-hybridized carbons (Fsp3) is 0.588. The first-order valence-electron chi connectivity index (χ1n) is 7.62. The van der Waals surface area contributed by atoms with Crippen molar-refractivity contribution in [3.63, 3.8) is 0 Å². The van der Waals surface area contributed by atoms with Crippen LogP contribution in [0.15, 0.2) is 18.2 Å². The molecule has 0 aromatic heterocycles. The molecule has 20 heavy (non-hydrogen) atoms. The van der Waals surface area contributed by atoms with Crippen LogP contribution in [0, 0.1) is 19.8 Å². The summed E-state index contributed by atoms with van der Waals surface area (Å²) in [4.78, 5) is 14.6. The molecular formula is C17H26N2O. The van der Waals surface area contributed by atoms with Gasteiger partial charge in [0.05, 0.1) is 0 Å². The van der Waals surface area contributed by atoms with Crippen LogP contribution in [0.25, 0.3) is 0 Å². The molecule has 1 aliphatic heterocycles. The topological polar surface area (TPSA) is 32.3 Å². The highest BCUT2D eigenvalue weighted by atomic mass is 16.2. The molecule has 1 fully saturated rings. The number of likely N-dealkylation sites (tertiary alicyclic amines) is 1. The first-order chi connectivity index (χ1) is 9.52. The molecule has 1 N–H and O–H groups in total. The van der Waals surface area contributed by atoms with Gasteiger partial charge in [0.15, 0.2) is 0 Å². The number of rotatable bonds is 3. The third kappa shape index (κ3) is 3.21. The SMILES string of the molecule is CCNC1CCN(C(=O)c2ccc(C)c(C)c2)CC1C. The van der Waals surface area contributed by atoms with Gasteiger partial charge >= 0.3 is 0 Å². The predicted octanol–water partition coefficient (Wildman–Crippen LogP) is 2.76. The second-order valence-corrected chi connectivity index (χ2v) is 5.98. The minimum atomic E-state index is 0.176. The smallest absolute Gasteiger partial charge is 0.253 e. The number of carbonyl (C=O) groups excluding carboxylic acids is 1. The van der Waals surface area contributed by atoms with Gasteiger partial charge in [0, 0.05) is 24.7 Å². The second kappa shape index (κ2) is 6.40. The fourth-order valence-corrected chi connectivity index (χ4v) is 2.95. The Kier molecular flexibility index (Phi) is 4.81. The number of carbonyl (C=O) groups is 1. The Balaban J connectivity index is 2.05. The second-order valence-electron chi connectivity index (χ2n) is 5.98. The Morgan fingerprint density at radius 1 is 1.35 bits per heavy atom. The summed E-state index contributed by atoms with van der Waals surface area (Å²) in [6.45, 7) is 11.2. The van der Waals surface area contributed by atoms with Crippen molar-refractivity contribution < 1.29 is 4.79 Å². The lowest BCUT2D eigenvalue weighted by molar-refractivity contribution is 0.0646. The van der Waals surface area contributed by atoms with Gasteiger partial charge in [-0.25, -0.2) is 0 Å². The summed E-state index contributed by atoms with van der Waals surface area (Å²) >= 11 is 0. The highest BCUT2D eigenvalue weighted by Crippen LogP contribution is 2.20. The molecule has 2 rings (SSSR count). The molecule has 1 aromatic rings. The lowest BCUT2D eigenvalue weighted by atomic mass is 9.93. The maximum absolute atomic E-state index is 12.6. The zero-order valence-corrected chi connectivity index (χ0v) is 13.1. The van der Waals surface area contributed by atoms with Crippen molar-refractivity contribution in [2.24, 2.45) is 5.92 Å². The Morgan fingerprint density at radius 3 is 2.70 bits per heavy atom. The first-order valence-corrected chi connectivity index (χ1v) is 7.62. The fourth-order valence-electron chi connectivity index (χ4n) is 2.95. The van der Waals surface area contributed by atoms with E-state index in [0.717, 1.165) is 31.6 Å². The van der Waals surface area contributed by atoms with Gasteiger partial charge in [-0.2, -0.15) is 0 Å². The van der Waals surface area contributed by atoms with Crippen LogP contribution in [0.3, 0.4) is 0 Å². The average Bonchev–Trinajstić information content (AvgIpc) is 2.43. The predicted molar refractivity (Wildman–Crippen MR) is 83.1 cm³/mol. The zero-order chi connectivity index (χ0) is 14.7. The summed E-state index contributed by atoms with van der Waals surface area (Å²) < 4.78 is 0. The van der Waals surface area contributed by atoms with E-state index in [1.807, 2.05) is 23.1 Å². The van der Waals surface area contributed by atoms with Gasteiger partial charge in [-0.3, -0.25) is 4.79 Å². The lowest BCUT2D eigenvalue weighted by Crippen LogP contribution is -2.50.